The second kappa shape index (κ2) is 6.43. The number of nitrogens with zero attached hydrogens (tertiary/aromatic N) is 2. The van der Waals surface area contributed by atoms with Gasteiger partial charge in [0, 0.05) is 18.5 Å². The fraction of sp³-hybridized carbons (Fsp3) is 0.412. The number of hydrogen-bond acceptors (Lipinski definition) is 4. The Kier molecular flexibility index (Phi) is 4.33. The number of aromatic nitrogens is 2. The Morgan fingerprint density at radius 2 is 1.79 bits per heavy atom. The van der Waals surface area contributed by atoms with Gasteiger partial charge in [-0.25, -0.2) is 4.68 Å². The predicted molar refractivity (Wildman–Crippen MR) is 87.8 cm³/mol. The van der Waals surface area contributed by atoms with Crippen molar-refractivity contribution in [3.05, 3.63) is 40.3 Å². The van der Waals surface area contributed by atoms with Crippen LogP contribution in [0.1, 0.15) is 36.2 Å². The van der Waals surface area contributed by atoms with Crippen LogP contribution in [0.15, 0.2) is 29.1 Å². The number of aliphatic carboxylic acids is 1. The molecule has 1 aromatic carbocycles. The molecule has 7 heteroatoms. The van der Waals surface area contributed by atoms with Gasteiger partial charge in [0.15, 0.2) is 5.69 Å². The maximum atomic E-state index is 12.6. The van der Waals surface area contributed by atoms with Gasteiger partial charge < -0.3 is 10.4 Å². The van der Waals surface area contributed by atoms with E-state index in [2.05, 4.69) is 10.4 Å². The zero-order valence-electron chi connectivity index (χ0n) is 13.4. The van der Waals surface area contributed by atoms with Crippen molar-refractivity contribution in [2.24, 2.45) is 13.0 Å². The number of fused-ring (bicyclic) bond motifs is 1. The number of carboxylic acids is 1. The lowest BCUT2D eigenvalue weighted by Gasteiger charge is -2.26. The van der Waals surface area contributed by atoms with Gasteiger partial charge in [-0.05, 0) is 31.7 Å². The Bertz CT molecular complexity index is 851. The third-order valence-corrected chi connectivity index (χ3v) is 4.58. The van der Waals surface area contributed by atoms with E-state index in [-0.39, 0.29) is 29.1 Å². The van der Waals surface area contributed by atoms with E-state index in [1.165, 1.54) is 11.7 Å². The number of rotatable bonds is 3. The molecule has 126 valence electrons. The summed E-state index contributed by atoms with van der Waals surface area (Å²) in [6.45, 7) is 0. The number of amides is 1. The van der Waals surface area contributed by atoms with Crippen LogP contribution in [0.2, 0.25) is 0 Å². The van der Waals surface area contributed by atoms with Gasteiger partial charge >= 0.3 is 5.97 Å². The lowest BCUT2D eigenvalue weighted by atomic mass is 9.86. The first kappa shape index (κ1) is 16.2. The van der Waals surface area contributed by atoms with Gasteiger partial charge in [0.05, 0.1) is 11.3 Å². The highest BCUT2D eigenvalue weighted by atomic mass is 16.4. The highest BCUT2D eigenvalue weighted by Gasteiger charge is 2.27. The molecule has 1 heterocycles. The summed E-state index contributed by atoms with van der Waals surface area (Å²) in [6, 6.07) is 6.83. The minimum absolute atomic E-state index is 0.0640. The van der Waals surface area contributed by atoms with Gasteiger partial charge in [-0.3, -0.25) is 14.4 Å². The number of hydrogen-bond donors (Lipinski definition) is 2. The molecule has 1 aliphatic carbocycles. The molecule has 1 amide bonds. The number of nitrogens with one attached hydrogen (secondary N) is 1. The average Bonchev–Trinajstić information content (AvgIpc) is 2.58. The Labute approximate surface area is 138 Å². The molecule has 0 atom stereocenters. The summed E-state index contributed by atoms with van der Waals surface area (Å²) in [6.07, 6.45) is 2.38. The normalized spacial score (nSPS) is 20.7. The highest BCUT2D eigenvalue weighted by Crippen LogP contribution is 2.25. The molecule has 7 nitrogen and oxygen atoms in total. The summed E-state index contributed by atoms with van der Waals surface area (Å²) >= 11 is 0. The van der Waals surface area contributed by atoms with Crippen LogP contribution in [0.5, 0.6) is 0 Å². The van der Waals surface area contributed by atoms with Gasteiger partial charge in [0.2, 0.25) is 0 Å². The van der Waals surface area contributed by atoms with Crippen LogP contribution in [-0.2, 0) is 11.8 Å². The van der Waals surface area contributed by atoms with E-state index in [0.29, 0.717) is 36.5 Å². The highest BCUT2D eigenvalue weighted by molar-refractivity contribution is 6.04. The smallest absolute Gasteiger partial charge is 0.306 e. The van der Waals surface area contributed by atoms with Crippen molar-refractivity contribution in [3.8, 4) is 0 Å². The van der Waals surface area contributed by atoms with E-state index in [4.69, 9.17) is 5.11 Å². The first-order chi connectivity index (χ1) is 11.5. The topological polar surface area (TPSA) is 101 Å². The van der Waals surface area contributed by atoms with Gasteiger partial charge in [-0.2, -0.15) is 5.10 Å². The molecule has 1 fully saturated rings. The van der Waals surface area contributed by atoms with E-state index in [1.807, 2.05) is 0 Å². The zero-order valence-corrected chi connectivity index (χ0v) is 13.4. The Hall–Kier alpha value is -2.70. The van der Waals surface area contributed by atoms with Crippen LogP contribution in [0.25, 0.3) is 10.8 Å². The fourth-order valence-corrected chi connectivity index (χ4v) is 3.21. The largest absolute Gasteiger partial charge is 0.481 e. The van der Waals surface area contributed by atoms with Crippen LogP contribution in [-0.4, -0.2) is 32.8 Å². The molecule has 3 rings (SSSR count). The van der Waals surface area contributed by atoms with Crippen molar-refractivity contribution in [1.82, 2.24) is 15.1 Å². The molecule has 0 unspecified atom stereocenters. The molecule has 0 aliphatic heterocycles. The molecule has 0 saturated heterocycles. The lowest BCUT2D eigenvalue weighted by molar-refractivity contribution is -0.142. The van der Waals surface area contributed by atoms with Crippen LogP contribution in [0, 0.1) is 5.92 Å². The summed E-state index contributed by atoms with van der Waals surface area (Å²) < 4.78 is 1.17. The van der Waals surface area contributed by atoms with Gasteiger partial charge in [-0.1, -0.05) is 18.2 Å². The van der Waals surface area contributed by atoms with Crippen LogP contribution < -0.4 is 10.9 Å². The van der Waals surface area contributed by atoms with Crippen LogP contribution in [0.3, 0.4) is 0 Å². The van der Waals surface area contributed by atoms with Gasteiger partial charge in [0.1, 0.15) is 0 Å². The monoisotopic (exact) mass is 329 g/mol. The van der Waals surface area contributed by atoms with Crippen molar-refractivity contribution < 1.29 is 14.7 Å². The lowest BCUT2D eigenvalue weighted by Crippen LogP contribution is -2.40. The van der Waals surface area contributed by atoms with Gasteiger partial charge in [-0.15, -0.1) is 0 Å². The third-order valence-electron chi connectivity index (χ3n) is 4.58. The maximum Gasteiger partial charge on any atom is 0.306 e. The van der Waals surface area contributed by atoms with E-state index in [9.17, 15) is 14.4 Å². The first-order valence-electron chi connectivity index (χ1n) is 7.97. The molecule has 1 saturated carbocycles. The van der Waals surface area contributed by atoms with Crippen molar-refractivity contribution in [2.75, 3.05) is 0 Å². The molecule has 2 aromatic rings. The molecule has 0 radical (unpaired) electrons. The summed E-state index contributed by atoms with van der Waals surface area (Å²) in [7, 11) is 1.52. The number of benzene rings is 1. The molecule has 2 N–H and O–H groups in total. The van der Waals surface area contributed by atoms with Crippen molar-refractivity contribution >= 4 is 22.6 Å². The number of carbonyl (C=O) groups excluding carboxylic acids is 1. The molecule has 0 bridgehead atoms. The van der Waals surface area contributed by atoms with E-state index in [0.717, 1.165) is 0 Å². The van der Waals surface area contributed by atoms with E-state index < -0.39 is 5.97 Å². The standard InChI is InChI=1S/C17H19N3O4/c1-20-16(22)13-5-3-2-4-12(13)14(19-20)15(21)18-11-8-6-10(7-9-11)17(23)24/h2-5,10-11H,6-9H2,1H3,(H,18,21)(H,23,24). The summed E-state index contributed by atoms with van der Waals surface area (Å²) in [5.74, 6) is -1.43. The minimum Gasteiger partial charge on any atom is -0.481 e. The summed E-state index contributed by atoms with van der Waals surface area (Å²) in [5, 5.41) is 17.0. The van der Waals surface area contributed by atoms with Crippen molar-refractivity contribution in [1.29, 1.82) is 0 Å². The average molecular weight is 329 g/mol. The molecular formula is C17H19N3O4. The maximum absolute atomic E-state index is 12.6. The van der Waals surface area contributed by atoms with Crippen LogP contribution >= 0.6 is 0 Å². The predicted octanol–water partition coefficient (Wildman–Crippen LogP) is 1.31. The minimum atomic E-state index is -0.773. The summed E-state index contributed by atoms with van der Waals surface area (Å²) in [4.78, 5) is 35.7. The molecule has 1 aromatic heterocycles. The Morgan fingerprint density at radius 1 is 1.17 bits per heavy atom. The number of carbonyl (C=O) groups is 2. The van der Waals surface area contributed by atoms with Crippen molar-refractivity contribution in [3.63, 3.8) is 0 Å². The second-order valence-corrected chi connectivity index (χ2v) is 6.18. The quantitative estimate of drug-likeness (QED) is 0.884. The van der Waals surface area contributed by atoms with Crippen molar-refractivity contribution in [2.45, 2.75) is 31.7 Å². The Balaban J connectivity index is 1.82. The van der Waals surface area contributed by atoms with Gasteiger partial charge in [0.25, 0.3) is 11.5 Å². The first-order valence-corrected chi connectivity index (χ1v) is 7.97. The fourth-order valence-electron chi connectivity index (χ4n) is 3.21. The van der Waals surface area contributed by atoms with E-state index in [1.54, 1.807) is 24.3 Å². The third kappa shape index (κ3) is 3.02. The number of carboxylic acid groups (broad SMARTS) is 1. The molecular weight excluding hydrogens is 310 g/mol. The summed E-state index contributed by atoms with van der Waals surface area (Å²) in [5.41, 5.74) is -0.0304. The second-order valence-electron chi connectivity index (χ2n) is 6.18. The molecule has 1 aliphatic rings. The van der Waals surface area contributed by atoms with Crippen LogP contribution in [0.4, 0.5) is 0 Å². The van der Waals surface area contributed by atoms with E-state index >= 15 is 0 Å². The number of aryl methyl sites for hydroxylation is 1. The molecule has 0 spiro atoms. The Morgan fingerprint density at radius 3 is 2.42 bits per heavy atom. The molecule has 24 heavy (non-hydrogen) atoms. The SMILES string of the molecule is Cn1nc(C(=O)NC2CCC(C(=O)O)CC2)c2ccccc2c1=O. The zero-order chi connectivity index (χ0) is 17.3.